The molecule has 0 radical (unpaired) electrons. The van der Waals surface area contributed by atoms with Crippen LogP contribution in [0.1, 0.15) is 0 Å². The maximum atomic E-state index is 0. The molecule has 0 aliphatic carbocycles. The lowest BCUT2D eigenvalue weighted by atomic mass is 14.0. The molecule has 0 heterocycles. The molecule has 295 N–H and O–H groups in total. The van der Waals surface area contributed by atoms with Crippen LogP contribution in [0.4, 0.5) is 0 Å². The van der Waals surface area contributed by atoms with Crippen LogP contribution in [0.15, 0.2) is 0 Å². The van der Waals surface area contributed by atoms with E-state index in [0.717, 1.165) is 0 Å². The highest BCUT2D eigenvalue weighted by atomic mass is 16.0. The van der Waals surface area contributed by atoms with Gasteiger partial charge in [0.25, 0.3) is 0 Å². The summed E-state index contributed by atoms with van der Waals surface area (Å²) in [7, 11) is 0. The zero-order valence-electron chi connectivity index (χ0n) is 69.7. The minimum Gasteiger partial charge on any atom is -0.412 e. The zero-order chi connectivity index (χ0) is 0. The van der Waals surface area contributed by atoms with Gasteiger partial charge in [0.15, 0.2) is 0 Å². The Bertz CT molecular complexity index is 28.6. The van der Waals surface area contributed by atoms with Crippen LogP contribution >= 0.6 is 0 Å². The predicted molar refractivity (Wildman–Crippen MR) is 495 cm³/mol. The van der Waals surface area contributed by atoms with Crippen LogP contribution in [0.2, 0.25) is 0 Å². The molecule has 0 rings (SSSR count). The average Bonchev–Trinajstić information content (AvgIpc) is 0. The fourth-order valence-corrected chi connectivity index (χ4v) is 0. The molecule has 0 aliphatic heterocycles. The molecule has 0 atom stereocenters. The van der Waals surface area contributed by atoms with Crippen molar-refractivity contribution in [3.05, 3.63) is 0 Å². The maximum absolute atomic E-state index is 0. The van der Waals surface area contributed by atoms with E-state index in [0.29, 0.717) is 0 Å². The van der Waals surface area contributed by atoms with Gasteiger partial charge in [-0.2, -0.15) is 0 Å². The molecule has 0 aromatic carbocycles. The van der Waals surface area contributed by atoms with Crippen molar-refractivity contribution < 1.29 is 27.4 Å². The van der Waals surface area contributed by atoms with Crippen LogP contribution < -0.4 is 584 Å². The first-order chi connectivity index (χ1) is 0. The standard InChI is InChI=1S/95H3N.5H2O/h95*1H3;5*1H2. The van der Waals surface area contributed by atoms with Gasteiger partial charge in [-0.15, -0.1) is 0 Å². The van der Waals surface area contributed by atoms with E-state index in [-0.39, 0.29) is 612 Å². The Kier molecular flexibility index (Phi) is 28400000. The molecule has 0 bridgehead atoms. The summed E-state index contributed by atoms with van der Waals surface area (Å²) >= 11 is 0. The van der Waals surface area contributed by atoms with Gasteiger partial charge < -0.3 is 612 Å². The zero-order valence-corrected chi connectivity index (χ0v) is 69.7. The minimum absolute atomic E-state index is 0. The number of hydrogen-bond acceptors (Lipinski definition) is 95. The summed E-state index contributed by atoms with van der Waals surface area (Å²) in [5, 5.41) is 0. The molecule has 800 valence electrons. The summed E-state index contributed by atoms with van der Waals surface area (Å²) in [6.07, 6.45) is 0. The van der Waals surface area contributed by atoms with E-state index in [1.807, 2.05) is 0 Å². The topological polar surface area (TPSA) is 3480 Å². The smallest absolute Gasteiger partial charge is 0.344 e. The Morgan fingerprint density at radius 2 is 0.0200 bits per heavy atom. The van der Waals surface area contributed by atoms with E-state index in [4.69, 9.17) is 0 Å². The third-order valence-electron chi connectivity index (χ3n) is 0. The normalized spacial score (nSPS) is 0. The van der Waals surface area contributed by atoms with Crippen molar-refractivity contribution in [1.29, 1.82) is 0 Å². The summed E-state index contributed by atoms with van der Waals surface area (Å²) < 4.78 is 0. The van der Waals surface area contributed by atoms with Gasteiger partial charge in [0.2, 0.25) is 0 Å². The molecule has 100 heteroatoms. The molecule has 0 saturated carbocycles. The van der Waals surface area contributed by atoms with E-state index < -0.39 is 0 Å². The van der Waals surface area contributed by atoms with E-state index in [1.165, 1.54) is 0 Å². The molecule has 0 aromatic heterocycles. The second-order valence-corrected chi connectivity index (χ2v) is 0. The first kappa shape index (κ1) is 54100. The Morgan fingerprint density at radius 1 is 0.0200 bits per heavy atom. The maximum Gasteiger partial charge on any atom is -0.344 e. The van der Waals surface area contributed by atoms with Crippen molar-refractivity contribution in [3.8, 4) is 0 Å². The fraction of sp³-hybridized carbons (Fsp3) is 0. The molecule has 100 nitrogen and oxygen atoms in total. The molecule has 0 amide bonds. The summed E-state index contributed by atoms with van der Waals surface area (Å²) in [5.41, 5.74) is 0. The molecule has 0 aliphatic rings. The first-order valence-electron chi connectivity index (χ1n) is 0. The van der Waals surface area contributed by atoms with Gasteiger partial charge in [-0.25, -0.2) is 0 Å². The lowest BCUT2D eigenvalue weighted by Gasteiger charge is -0.413. The Hall–Kier alpha value is -4.00. The van der Waals surface area contributed by atoms with Gasteiger partial charge in [0, 0.05) is 0 Å². The Morgan fingerprint density at radius 3 is 0.0200 bits per heavy atom. The minimum atomic E-state index is 0. The van der Waals surface area contributed by atoms with Gasteiger partial charge in [0.05, 0.1) is 0 Å². The highest BCUT2D eigenvalue weighted by Gasteiger charge is -0.247. The monoisotopic (exact) mass is 1710 g/mol. The van der Waals surface area contributed by atoms with E-state index in [2.05, 4.69) is 0 Å². The summed E-state index contributed by atoms with van der Waals surface area (Å²) in [5.74, 6) is 0. The van der Waals surface area contributed by atoms with Crippen molar-refractivity contribution in [1.82, 2.24) is 584 Å². The second-order valence-electron chi connectivity index (χ2n) is 0. The Balaban J connectivity index is 0. The predicted octanol–water partition coefficient (Wildman–Crippen LogP) is 11.3. The van der Waals surface area contributed by atoms with E-state index >= 15 is 0 Å². The highest BCUT2D eigenvalue weighted by molar-refractivity contribution is 2.23. The summed E-state index contributed by atoms with van der Waals surface area (Å²) in [6.45, 7) is 0. The lowest BCUT2D eigenvalue weighted by molar-refractivity contribution is 0.823. The quantitative estimate of drug-likeness (QED) is 0.107. The molecule has 0 fully saturated rings. The first-order valence-corrected chi connectivity index (χ1v) is 0. The molecule has 0 spiro atoms. The van der Waals surface area contributed by atoms with Crippen molar-refractivity contribution in [3.63, 3.8) is 0 Å². The third-order valence-corrected chi connectivity index (χ3v) is 0. The van der Waals surface area contributed by atoms with E-state index in [9.17, 15) is 0 Å². The van der Waals surface area contributed by atoms with Crippen LogP contribution in [0, 0.1) is 0 Å². The van der Waals surface area contributed by atoms with Crippen molar-refractivity contribution in [2.24, 2.45) is 0 Å². The molecular formula is H295N95O5. The molecular weight excluding hydrogens is 1410 g/mol. The largest absolute Gasteiger partial charge is 0.412 e. The van der Waals surface area contributed by atoms with Crippen LogP contribution in [-0.4, -0.2) is 27.4 Å². The fourth-order valence-electron chi connectivity index (χ4n) is 0. The van der Waals surface area contributed by atoms with Gasteiger partial charge in [-0.1, -0.05) is 0 Å². The van der Waals surface area contributed by atoms with Gasteiger partial charge in [-0.05, 0) is 0 Å². The van der Waals surface area contributed by atoms with Crippen LogP contribution in [-0.2, 0) is 0 Å². The van der Waals surface area contributed by atoms with Crippen LogP contribution in [0.25, 0.3) is 0 Å². The number of rotatable bonds is 0. The SMILES string of the molecule is N.N.N.N.N.N.N.N.N.N.N.N.N.N.N.N.N.N.N.N.N.N.N.N.N.N.N.N.N.N.N.N.N.N.N.N.N.N.N.N.N.N.N.N.N.N.N.N.N.N.N.N.N.N.N.N.N.N.N.N.N.N.N.N.N.N.N.N.N.N.N.N.N.N.N.N.N.N.N.N.N.N.N.N.N.N.N.N.N.N.N.N.N.N.N.O.O.O.O.O. The Labute approximate surface area is 612 Å². The van der Waals surface area contributed by atoms with Crippen LogP contribution in [0.3, 0.4) is 0 Å². The van der Waals surface area contributed by atoms with Gasteiger partial charge in [-0.3, -0.25) is 0 Å². The van der Waals surface area contributed by atoms with Gasteiger partial charge in [0.1, 0.15) is 0 Å². The summed E-state index contributed by atoms with van der Waals surface area (Å²) in [6, 6.07) is 0. The van der Waals surface area contributed by atoms with Crippen LogP contribution in [0.5, 0.6) is 0 Å². The van der Waals surface area contributed by atoms with E-state index in [1.54, 1.807) is 0 Å². The van der Waals surface area contributed by atoms with Crippen molar-refractivity contribution in [2.75, 3.05) is 0 Å². The third kappa shape index (κ3) is 50800. The van der Waals surface area contributed by atoms with Gasteiger partial charge >= 0.3 is 0 Å². The number of hydrogen-bond donors (Lipinski definition) is 95. The molecule has 0 aromatic rings. The molecule has 100 heavy (non-hydrogen) atoms. The second kappa shape index (κ2) is 52500. The van der Waals surface area contributed by atoms with Crippen molar-refractivity contribution in [2.45, 2.75) is 0 Å². The average molecular weight is 1710 g/mol. The lowest BCUT2D eigenvalue weighted by Crippen LogP contribution is -0.482. The summed E-state index contributed by atoms with van der Waals surface area (Å²) in [4.78, 5) is 0. The molecule has 0 unspecified atom stereocenters. The van der Waals surface area contributed by atoms with Crippen molar-refractivity contribution >= 4 is 0 Å². The highest BCUT2D eigenvalue weighted by Crippen LogP contribution is -0.281. The molecule has 0 saturated heterocycles.